The van der Waals surface area contributed by atoms with Crippen LogP contribution in [0.1, 0.15) is 56.2 Å². The van der Waals surface area contributed by atoms with Crippen molar-refractivity contribution < 1.29 is 18.0 Å². The first-order valence-corrected chi connectivity index (χ1v) is 14.6. The van der Waals surface area contributed by atoms with Gasteiger partial charge in [0.25, 0.3) is 0 Å². The number of carbonyl (C=O) groups is 2. The normalized spacial score (nSPS) is 12.2. The van der Waals surface area contributed by atoms with Gasteiger partial charge in [0.15, 0.2) is 0 Å². The van der Waals surface area contributed by atoms with E-state index in [9.17, 15) is 18.0 Å². The molecule has 2 amide bonds. The van der Waals surface area contributed by atoms with Crippen molar-refractivity contribution >= 4 is 39.1 Å². The lowest BCUT2D eigenvalue weighted by Gasteiger charge is -2.31. The third-order valence-corrected chi connectivity index (χ3v) is 7.29. The molecule has 198 valence electrons. The molecule has 0 bridgehead atoms. The molecule has 36 heavy (non-hydrogen) atoms. The summed E-state index contributed by atoms with van der Waals surface area (Å²) in [6.45, 7) is 8.66. The van der Waals surface area contributed by atoms with Gasteiger partial charge in [0.1, 0.15) is 6.04 Å². The van der Waals surface area contributed by atoms with E-state index in [1.54, 1.807) is 17.0 Å². The molecule has 2 rings (SSSR count). The Morgan fingerprint density at radius 1 is 1.03 bits per heavy atom. The van der Waals surface area contributed by atoms with Gasteiger partial charge in [-0.1, -0.05) is 43.6 Å². The molecule has 1 N–H and O–H groups in total. The van der Waals surface area contributed by atoms with Crippen molar-refractivity contribution in [2.24, 2.45) is 0 Å². The Bertz CT molecular complexity index is 1120. The number of nitrogens with one attached hydrogen (secondary N) is 1. The Hall–Kier alpha value is -2.58. The summed E-state index contributed by atoms with van der Waals surface area (Å²) in [5, 5.41) is 3.49. The van der Waals surface area contributed by atoms with Crippen LogP contribution in [0.3, 0.4) is 0 Å². The second-order valence-electron chi connectivity index (χ2n) is 9.15. The molecular weight excluding hydrogens is 498 g/mol. The molecule has 0 aliphatic carbocycles. The van der Waals surface area contributed by atoms with Gasteiger partial charge in [-0.15, -0.1) is 0 Å². The fraction of sp³-hybridized carbons (Fsp3) is 0.481. The van der Waals surface area contributed by atoms with Gasteiger partial charge in [-0.05, 0) is 74.1 Å². The van der Waals surface area contributed by atoms with Crippen LogP contribution < -0.4 is 9.62 Å². The van der Waals surface area contributed by atoms with Gasteiger partial charge in [-0.2, -0.15) is 0 Å². The number of nitrogens with zero attached hydrogens (tertiary/aromatic N) is 2. The molecule has 0 aromatic heterocycles. The van der Waals surface area contributed by atoms with Gasteiger partial charge < -0.3 is 10.2 Å². The number of carbonyl (C=O) groups excluding carboxylic acids is 2. The molecule has 0 aliphatic rings. The van der Waals surface area contributed by atoms with Crippen LogP contribution in [0.25, 0.3) is 0 Å². The molecule has 0 aliphatic heterocycles. The molecule has 2 aromatic carbocycles. The minimum Gasteiger partial charge on any atom is -0.354 e. The second-order valence-corrected chi connectivity index (χ2v) is 11.5. The predicted octanol–water partition coefficient (Wildman–Crippen LogP) is 4.84. The summed E-state index contributed by atoms with van der Waals surface area (Å²) in [5.74, 6) is -0.382. The molecule has 0 saturated carbocycles. The average Bonchev–Trinajstić information content (AvgIpc) is 2.79. The van der Waals surface area contributed by atoms with Crippen LogP contribution in [0.5, 0.6) is 0 Å². The Kier molecular flexibility index (Phi) is 11.2. The first-order chi connectivity index (χ1) is 17.0. The SMILES string of the molecule is CCCNC(=O)[C@H](CC)N(Cc1ccc(Cl)cc1)C(=O)CCCN(c1cc(C)cc(C)c1)S(C)(=O)=O. The van der Waals surface area contributed by atoms with Gasteiger partial charge in [0.2, 0.25) is 21.8 Å². The van der Waals surface area contributed by atoms with E-state index < -0.39 is 16.1 Å². The maximum absolute atomic E-state index is 13.4. The number of anilines is 1. The van der Waals surface area contributed by atoms with E-state index in [1.807, 2.05) is 58.0 Å². The highest BCUT2D eigenvalue weighted by atomic mass is 35.5. The van der Waals surface area contributed by atoms with Gasteiger partial charge >= 0.3 is 0 Å². The first-order valence-electron chi connectivity index (χ1n) is 12.3. The van der Waals surface area contributed by atoms with E-state index in [0.717, 1.165) is 23.1 Å². The Balaban J connectivity index is 2.22. The summed E-state index contributed by atoms with van der Waals surface area (Å²) in [7, 11) is -3.54. The van der Waals surface area contributed by atoms with Crippen molar-refractivity contribution in [3.63, 3.8) is 0 Å². The Morgan fingerprint density at radius 3 is 2.17 bits per heavy atom. The van der Waals surface area contributed by atoms with E-state index in [1.165, 1.54) is 10.6 Å². The number of sulfonamides is 1. The zero-order valence-corrected chi connectivity index (χ0v) is 23.5. The highest BCUT2D eigenvalue weighted by Gasteiger charge is 2.28. The molecule has 7 nitrogen and oxygen atoms in total. The Morgan fingerprint density at radius 2 is 1.64 bits per heavy atom. The zero-order valence-electron chi connectivity index (χ0n) is 21.9. The summed E-state index contributed by atoms with van der Waals surface area (Å²) >= 11 is 6.01. The largest absolute Gasteiger partial charge is 0.354 e. The van der Waals surface area contributed by atoms with E-state index in [0.29, 0.717) is 30.1 Å². The molecule has 2 aromatic rings. The van der Waals surface area contributed by atoms with Crippen molar-refractivity contribution in [2.75, 3.05) is 23.7 Å². The van der Waals surface area contributed by atoms with E-state index in [-0.39, 0.29) is 31.3 Å². The van der Waals surface area contributed by atoms with Gasteiger partial charge in [-0.3, -0.25) is 13.9 Å². The number of amides is 2. The topological polar surface area (TPSA) is 86.8 Å². The lowest BCUT2D eigenvalue weighted by Crippen LogP contribution is -2.49. The van der Waals surface area contributed by atoms with Crippen molar-refractivity contribution in [3.05, 3.63) is 64.2 Å². The molecule has 0 saturated heterocycles. The highest BCUT2D eigenvalue weighted by Crippen LogP contribution is 2.23. The third kappa shape index (κ3) is 8.82. The van der Waals surface area contributed by atoms with Crippen molar-refractivity contribution in [1.82, 2.24) is 10.2 Å². The van der Waals surface area contributed by atoms with Gasteiger partial charge in [-0.25, -0.2) is 8.42 Å². The number of aryl methyl sites for hydroxylation is 2. The minimum atomic E-state index is -3.54. The van der Waals surface area contributed by atoms with Crippen molar-refractivity contribution in [2.45, 2.75) is 66.0 Å². The average molecular weight is 536 g/mol. The van der Waals surface area contributed by atoms with Crippen LogP contribution in [0.15, 0.2) is 42.5 Å². The third-order valence-electron chi connectivity index (χ3n) is 5.85. The standard InChI is InChI=1S/C27H38ClN3O4S/c1-6-14-29-27(33)25(7-2)30(19-22-10-12-23(28)13-11-22)26(32)9-8-15-31(36(5,34)35)24-17-20(3)16-21(4)18-24/h10-13,16-18,25H,6-9,14-15,19H2,1-5H3,(H,29,33)/t25-/m0/s1. The summed E-state index contributed by atoms with van der Waals surface area (Å²) < 4.78 is 26.4. The fourth-order valence-corrected chi connectivity index (χ4v) is 5.25. The van der Waals surface area contributed by atoms with Gasteiger partial charge in [0.05, 0.1) is 11.9 Å². The quantitative estimate of drug-likeness (QED) is 0.398. The molecule has 0 spiro atoms. The first kappa shape index (κ1) is 29.6. The van der Waals surface area contributed by atoms with E-state index in [2.05, 4.69) is 5.32 Å². The van der Waals surface area contributed by atoms with Crippen LogP contribution in [0, 0.1) is 13.8 Å². The number of rotatable bonds is 13. The maximum atomic E-state index is 13.4. The molecule has 0 unspecified atom stereocenters. The van der Waals surface area contributed by atoms with Crippen LogP contribution >= 0.6 is 11.6 Å². The van der Waals surface area contributed by atoms with Crippen molar-refractivity contribution in [1.29, 1.82) is 0 Å². The summed E-state index contributed by atoms with van der Waals surface area (Å²) in [5.41, 5.74) is 3.38. The highest BCUT2D eigenvalue weighted by molar-refractivity contribution is 7.92. The van der Waals surface area contributed by atoms with Crippen LogP contribution in [-0.4, -0.2) is 50.5 Å². The second kappa shape index (κ2) is 13.7. The lowest BCUT2D eigenvalue weighted by atomic mass is 10.1. The molecule has 0 radical (unpaired) electrons. The van der Waals surface area contributed by atoms with Crippen molar-refractivity contribution in [3.8, 4) is 0 Å². The smallest absolute Gasteiger partial charge is 0.242 e. The maximum Gasteiger partial charge on any atom is 0.242 e. The Labute approximate surface area is 220 Å². The van der Waals surface area contributed by atoms with Crippen LogP contribution in [0.2, 0.25) is 5.02 Å². The lowest BCUT2D eigenvalue weighted by molar-refractivity contribution is -0.141. The number of hydrogen-bond acceptors (Lipinski definition) is 4. The monoisotopic (exact) mass is 535 g/mol. The number of halogens is 1. The number of hydrogen-bond donors (Lipinski definition) is 1. The van der Waals surface area contributed by atoms with E-state index >= 15 is 0 Å². The summed E-state index contributed by atoms with van der Waals surface area (Å²) in [6.07, 6.45) is 2.87. The zero-order chi connectivity index (χ0) is 26.9. The van der Waals surface area contributed by atoms with Gasteiger partial charge in [0, 0.05) is 31.1 Å². The van der Waals surface area contributed by atoms with Crippen LogP contribution in [0.4, 0.5) is 5.69 Å². The van der Waals surface area contributed by atoms with Crippen LogP contribution in [-0.2, 0) is 26.2 Å². The molecule has 1 atom stereocenters. The fourth-order valence-electron chi connectivity index (χ4n) is 4.17. The minimum absolute atomic E-state index is 0.113. The molecule has 0 fully saturated rings. The summed E-state index contributed by atoms with van der Waals surface area (Å²) in [4.78, 5) is 27.9. The summed E-state index contributed by atoms with van der Waals surface area (Å²) in [6, 6.07) is 12.2. The molecule has 9 heteroatoms. The molecular formula is C27H38ClN3O4S. The predicted molar refractivity (Wildman–Crippen MR) is 147 cm³/mol. The van der Waals surface area contributed by atoms with E-state index in [4.69, 9.17) is 11.6 Å². The molecule has 0 heterocycles. The number of benzene rings is 2.